The summed E-state index contributed by atoms with van der Waals surface area (Å²) in [6, 6.07) is 14.7. The van der Waals surface area contributed by atoms with Gasteiger partial charge in [0.1, 0.15) is 5.82 Å². The lowest BCUT2D eigenvalue weighted by Crippen LogP contribution is -2.41. The lowest BCUT2D eigenvalue weighted by Gasteiger charge is -2.35. The van der Waals surface area contributed by atoms with E-state index in [0.717, 1.165) is 55.5 Å². The van der Waals surface area contributed by atoms with Crippen LogP contribution in [-0.4, -0.2) is 21.4 Å². The summed E-state index contributed by atoms with van der Waals surface area (Å²) < 4.78 is 54.4. The first-order valence-electron chi connectivity index (χ1n) is 11.2. The lowest BCUT2D eigenvalue weighted by atomic mass is 9.93. The molecule has 7 heteroatoms. The van der Waals surface area contributed by atoms with Crippen LogP contribution in [-0.2, 0) is 19.3 Å². The van der Waals surface area contributed by atoms with E-state index in [1.165, 1.54) is 24.3 Å². The molecule has 1 saturated carbocycles. The van der Waals surface area contributed by atoms with Gasteiger partial charge in [-0.3, -0.25) is 4.79 Å². The minimum atomic E-state index is -4.44. The summed E-state index contributed by atoms with van der Waals surface area (Å²) in [5.74, 6) is -0.573. The van der Waals surface area contributed by atoms with Crippen molar-refractivity contribution in [1.29, 1.82) is 0 Å². The Balaban J connectivity index is 1.58. The maximum absolute atomic E-state index is 13.6. The van der Waals surface area contributed by atoms with Crippen molar-refractivity contribution in [1.82, 2.24) is 9.47 Å². The third kappa shape index (κ3) is 5.64. The summed E-state index contributed by atoms with van der Waals surface area (Å²) in [7, 11) is 0. The molecule has 1 heterocycles. The molecule has 0 N–H and O–H groups in total. The topological polar surface area (TPSA) is 25.2 Å². The lowest BCUT2D eigenvalue weighted by molar-refractivity contribution is -0.137. The van der Waals surface area contributed by atoms with Crippen molar-refractivity contribution in [2.24, 2.45) is 0 Å². The van der Waals surface area contributed by atoms with Gasteiger partial charge < -0.3 is 9.47 Å². The highest BCUT2D eigenvalue weighted by Gasteiger charge is 2.31. The second-order valence-electron chi connectivity index (χ2n) is 8.56. The van der Waals surface area contributed by atoms with Gasteiger partial charge in [0.15, 0.2) is 0 Å². The Kier molecular flexibility index (Phi) is 6.86. The molecule has 1 fully saturated rings. The number of benzene rings is 2. The quantitative estimate of drug-likeness (QED) is 0.379. The van der Waals surface area contributed by atoms with E-state index in [9.17, 15) is 22.4 Å². The number of rotatable bonds is 6. The predicted molar refractivity (Wildman–Crippen MR) is 118 cm³/mol. The zero-order valence-electron chi connectivity index (χ0n) is 18.2. The fourth-order valence-electron chi connectivity index (χ4n) is 4.48. The van der Waals surface area contributed by atoms with Gasteiger partial charge in [0.2, 0.25) is 0 Å². The van der Waals surface area contributed by atoms with Gasteiger partial charge >= 0.3 is 6.18 Å². The first-order chi connectivity index (χ1) is 15.8. The molecule has 1 aliphatic rings. The summed E-state index contributed by atoms with van der Waals surface area (Å²) in [4.78, 5) is 15.2. The Labute approximate surface area is 190 Å². The Hall–Kier alpha value is -3.09. The van der Waals surface area contributed by atoms with Crippen LogP contribution >= 0.6 is 0 Å². The standard InChI is InChI=1S/C26H26F4N2O/c27-22-7-4-6-19(16-22)17-31-15-5-10-24(31)18-32(23-8-2-1-3-9-23)25(33)20-11-13-21(14-12-20)26(28,29)30/h4-7,10-16,23H,1-3,8-9,17-18H2. The van der Waals surface area contributed by atoms with Gasteiger partial charge in [-0.1, -0.05) is 31.4 Å². The number of hydrogen-bond acceptors (Lipinski definition) is 1. The number of halogens is 4. The molecule has 0 unspecified atom stereocenters. The number of amides is 1. The van der Waals surface area contributed by atoms with Crippen molar-refractivity contribution < 1.29 is 22.4 Å². The molecule has 0 aliphatic heterocycles. The van der Waals surface area contributed by atoms with Gasteiger partial charge in [-0.25, -0.2) is 4.39 Å². The number of hydrogen-bond donors (Lipinski definition) is 0. The van der Waals surface area contributed by atoms with E-state index in [1.807, 2.05) is 29.0 Å². The normalized spacial score (nSPS) is 14.9. The third-order valence-electron chi connectivity index (χ3n) is 6.23. The maximum Gasteiger partial charge on any atom is 0.416 e. The molecule has 1 amide bonds. The summed E-state index contributed by atoms with van der Waals surface area (Å²) in [5.41, 5.74) is 1.18. The zero-order valence-corrected chi connectivity index (χ0v) is 18.2. The van der Waals surface area contributed by atoms with Crippen molar-refractivity contribution in [3.8, 4) is 0 Å². The van der Waals surface area contributed by atoms with Crippen LogP contribution in [0.5, 0.6) is 0 Å². The molecular weight excluding hydrogens is 432 g/mol. The maximum atomic E-state index is 13.6. The van der Waals surface area contributed by atoms with Crippen LogP contribution in [0.2, 0.25) is 0 Å². The molecule has 0 atom stereocenters. The SMILES string of the molecule is O=C(c1ccc(C(F)(F)F)cc1)N(Cc1cccn1Cc1cccc(F)c1)C1CCCCC1. The third-order valence-corrected chi connectivity index (χ3v) is 6.23. The zero-order chi connectivity index (χ0) is 23.4. The Morgan fingerprint density at radius 1 is 0.970 bits per heavy atom. The van der Waals surface area contributed by atoms with Crippen molar-refractivity contribution in [2.45, 2.75) is 57.4 Å². The van der Waals surface area contributed by atoms with E-state index in [2.05, 4.69) is 0 Å². The smallest absolute Gasteiger partial charge is 0.345 e. The summed E-state index contributed by atoms with van der Waals surface area (Å²) in [5, 5.41) is 0. The van der Waals surface area contributed by atoms with Gasteiger partial charge in [0.25, 0.3) is 5.91 Å². The molecule has 2 aromatic carbocycles. The second kappa shape index (κ2) is 9.81. The second-order valence-corrected chi connectivity index (χ2v) is 8.56. The molecule has 33 heavy (non-hydrogen) atoms. The van der Waals surface area contributed by atoms with Gasteiger partial charge in [-0.15, -0.1) is 0 Å². The predicted octanol–water partition coefficient (Wildman–Crippen LogP) is 6.67. The highest BCUT2D eigenvalue weighted by atomic mass is 19.4. The van der Waals surface area contributed by atoms with Gasteiger partial charge in [0.05, 0.1) is 12.1 Å². The summed E-state index contributed by atoms with van der Waals surface area (Å²) in [6.45, 7) is 0.805. The largest absolute Gasteiger partial charge is 0.416 e. The Morgan fingerprint density at radius 3 is 2.36 bits per heavy atom. The van der Waals surface area contributed by atoms with E-state index in [0.29, 0.717) is 13.1 Å². The van der Waals surface area contributed by atoms with Gasteiger partial charge in [-0.2, -0.15) is 13.2 Å². The first kappa shape index (κ1) is 23.1. The first-order valence-corrected chi connectivity index (χ1v) is 11.2. The summed E-state index contributed by atoms with van der Waals surface area (Å²) in [6.07, 6.45) is 2.35. The molecule has 1 aliphatic carbocycles. The molecule has 0 spiro atoms. The van der Waals surface area contributed by atoms with Gasteiger partial charge in [-0.05, 0) is 66.9 Å². The average molecular weight is 458 g/mol. The highest BCUT2D eigenvalue weighted by molar-refractivity contribution is 5.94. The van der Waals surface area contributed by atoms with Crippen molar-refractivity contribution in [3.63, 3.8) is 0 Å². The minimum absolute atomic E-state index is 0.0334. The van der Waals surface area contributed by atoms with E-state index in [1.54, 1.807) is 11.0 Å². The number of nitrogens with zero attached hydrogens (tertiary/aromatic N) is 2. The molecule has 3 aromatic rings. The monoisotopic (exact) mass is 458 g/mol. The van der Waals surface area contributed by atoms with Crippen LogP contribution in [0.3, 0.4) is 0 Å². The fourth-order valence-corrected chi connectivity index (χ4v) is 4.48. The van der Waals surface area contributed by atoms with Crippen LogP contribution in [0, 0.1) is 5.82 Å². The molecule has 0 bridgehead atoms. The van der Waals surface area contributed by atoms with Crippen LogP contribution in [0.1, 0.15) is 59.3 Å². The fraction of sp³-hybridized carbons (Fsp3) is 0.346. The Bertz CT molecular complexity index is 1080. The van der Waals surface area contributed by atoms with E-state index < -0.39 is 11.7 Å². The van der Waals surface area contributed by atoms with Gasteiger partial charge in [0, 0.05) is 30.0 Å². The molecule has 3 nitrogen and oxygen atoms in total. The molecule has 4 rings (SSSR count). The number of carbonyl (C=O) groups is 1. The summed E-state index contributed by atoms with van der Waals surface area (Å²) >= 11 is 0. The van der Waals surface area contributed by atoms with E-state index in [4.69, 9.17) is 0 Å². The number of aromatic nitrogens is 1. The number of carbonyl (C=O) groups excluding carboxylic acids is 1. The van der Waals surface area contributed by atoms with Crippen molar-refractivity contribution in [2.75, 3.05) is 0 Å². The van der Waals surface area contributed by atoms with Crippen molar-refractivity contribution >= 4 is 5.91 Å². The molecular formula is C26H26F4N2O. The van der Waals surface area contributed by atoms with Crippen LogP contribution in [0.4, 0.5) is 17.6 Å². The minimum Gasteiger partial charge on any atom is -0.345 e. The molecule has 174 valence electrons. The molecule has 1 aromatic heterocycles. The van der Waals surface area contributed by atoms with E-state index in [-0.39, 0.29) is 23.3 Å². The van der Waals surface area contributed by atoms with Crippen molar-refractivity contribution in [3.05, 3.63) is 95.1 Å². The van der Waals surface area contributed by atoms with Crippen LogP contribution < -0.4 is 0 Å². The van der Waals surface area contributed by atoms with Crippen LogP contribution in [0.15, 0.2) is 66.9 Å². The average Bonchev–Trinajstić information content (AvgIpc) is 3.23. The molecule has 0 radical (unpaired) electrons. The Morgan fingerprint density at radius 2 is 1.70 bits per heavy atom. The number of alkyl halides is 3. The van der Waals surface area contributed by atoms with Crippen LogP contribution in [0.25, 0.3) is 0 Å². The van der Waals surface area contributed by atoms with E-state index >= 15 is 0 Å². The highest BCUT2D eigenvalue weighted by Crippen LogP contribution is 2.30. The molecule has 0 saturated heterocycles.